The van der Waals surface area contributed by atoms with E-state index in [-0.39, 0.29) is 12.6 Å². The predicted molar refractivity (Wildman–Crippen MR) is 86.6 cm³/mol. The summed E-state index contributed by atoms with van der Waals surface area (Å²) in [5, 5.41) is 3.98. The zero-order valence-corrected chi connectivity index (χ0v) is 13.4. The number of benzene rings is 2. The van der Waals surface area contributed by atoms with Crippen molar-refractivity contribution in [3.63, 3.8) is 0 Å². The highest BCUT2D eigenvalue weighted by molar-refractivity contribution is 5.89. The van der Waals surface area contributed by atoms with Crippen LogP contribution in [0.1, 0.15) is 21.8 Å². The van der Waals surface area contributed by atoms with Crippen LogP contribution in [-0.4, -0.2) is 23.2 Å². The first-order valence-corrected chi connectivity index (χ1v) is 7.37. The number of rotatable bonds is 5. The number of aryl methyl sites for hydroxylation is 1. The zero-order chi connectivity index (χ0) is 16.9. The molecule has 0 atom stereocenters. The largest absolute Gasteiger partial charge is 0.484 e. The minimum atomic E-state index is -0.388. The van der Waals surface area contributed by atoms with E-state index in [4.69, 9.17) is 9.26 Å². The van der Waals surface area contributed by atoms with E-state index in [1.165, 1.54) is 7.11 Å². The fraction of sp³-hybridized carbons (Fsp3) is 0.167. The van der Waals surface area contributed by atoms with Gasteiger partial charge in [-0.05, 0) is 36.8 Å². The van der Waals surface area contributed by atoms with Crippen LogP contribution in [0.2, 0.25) is 0 Å². The summed E-state index contributed by atoms with van der Waals surface area (Å²) in [5.41, 5.74) is 2.46. The Morgan fingerprint density at radius 2 is 1.88 bits per heavy atom. The molecule has 3 rings (SSSR count). The maximum Gasteiger partial charge on any atom is 0.337 e. The minimum absolute atomic E-state index is 0.149. The maximum absolute atomic E-state index is 11.4. The summed E-state index contributed by atoms with van der Waals surface area (Å²) in [6.45, 7) is 2.14. The minimum Gasteiger partial charge on any atom is -0.484 e. The summed E-state index contributed by atoms with van der Waals surface area (Å²) in [7, 11) is 1.34. The third kappa shape index (κ3) is 3.43. The van der Waals surface area contributed by atoms with E-state index in [0.717, 1.165) is 11.1 Å². The third-order valence-corrected chi connectivity index (χ3v) is 3.49. The Morgan fingerprint density at radius 1 is 1.12 bits per heavy atom. The second-order valence-electron chi connectivity index (χ2n) is 5.13. The van der Waals surface area contributed by atoms with Crippen molar-refractivity contribution in [2.24, 2.45) is 0 Å². The van der Waals surface area contributed by atoms with E-state index >= 15 is 0 Å². The highest BCUT2D eigenvalue weighted by atomic mass is 16.5. The van der Waals surface area contributed by atoms with Crippen molar-refractivity contribution in [3.05, 3.63) is 65.5 Å². The Bertz CT molecular complexity index is 840. The van der Waals surface area contributed by atoms with E-state index in [9.17, 15) is 4.79 Å². The number of carbonyl (C=O) groups excluding carboxylic acids is 1. The Kier molecular flexibility index (Phi) is 4.56. The molecule has 0 spiro atoms. The van der Waals surface area contributed by atoms with Crippen molar-refractivity contribution in [1.29, 1.82) is 0 Å². The molecule has 3 aromatic rings. The summed E-state index contributed by atoms with van der Waals surface area (Å²) in [5.74, 6) is 1.12. The molecule has 1 heterocycles. The Labute approximate surface area is 139 Å². The molecule has 122 valence electrons. The number of esters is 1. The number of methoxy groups -OCH3 is 1. The second kappa shape index (κ2) is 6.95. The summed E-state index contributed by atoms with van der Waals surface area (Å²) in [6.07, 6.45) is 0. The van der Waals surface area contributed by atoms with Crippen LogP contribution in [-0.2, 0) is 11.3 Å². The first-order valence-electron chi connectivity index (χ1n) is 7.37. The number of ether oxygens (including phenoxy) is 2. The first kappa shape index (κ1) is 15.7. The van der Waals surface area contributed by atoms with Gasteiger partial charge in [0, 0.05) is 5.56 Å². The van der Waals surface area contributed by atoms with Gasteiger partial charge in [0.15, 0.2) is 6.61 Å². The number of carbonyl (C=O) groups is 1. The van der Waals surface area contributed by atoms with E-state index in [2.05, 4.69) is 14.9 Å². The van der Waals surface area contributed by atoms with Gasteiger partial charge >= 0.3 is 5.97 Å². The standard InChI is InChI=1S/C18H16N2O4/c1-12-5-3-4-6-15(12)17-19-16(24-20-17)11-23-14-9-7-13(8-10-14)18(21)22-2/h3-10H,11H2,1-2H3. The Morgan fingerprint density at radius 3 is 2.58 bits per heavy atom. The molecule has 0 N–H and O–H groups in total. The fourth-order valence-corrected chi connectivity index (χ4v) is 2.20. The average Bonchev–Trinajstić information content (AvgIpc) is 3.09. The van der Waals surface area contributed by atoms with E-state index in [1.807, 2.05) is 31.2 Å². The van der Waals surface area contributed by atoms with Gasteiger partial charge in [0.25, 0.3) is 5.89 Å². The van der Waals surface area contributed by atoms with Crippen LogP contribution in [0.3, 0.4) is 0 Å². The number of nitrogens with zero attached hydrogens (tertiary/aromatic N) is 2. The summed E-state index contributed by atoms with van der Waals surface area (Å²) in [6, 6.07) is 14.5. The number of aromatic nitrogens is 2. The summed E-state index contributed by atoms with van der Waals surface area (Å²) >= 11 is 0. The van der Waals surface area contributed by atoms with Crippen molar-refractivity contribution in [2.45, 2.75) is 13.5 Å². The number of hydrogen-bond acceptors (Lipinski definition) is 6. The van der Waals surface area contributed by atoms with Crippen LogP contribution >= 0.6 is 0 Å². The highest BCUT2D eigenvalue weighted by Gasteiger charge is 2.11. The van der Waals surface area contributed by atoms with Crippen LogP contribution in [0.4, 0.5) is 0 Å². The van der Waals surface area contributed by atoms with Crippen LogP contribution in [0.15, 0.2) is 53.1 Å². The topological polar surface area (TPSA) is 74.5 Å². The van der Waals surface area contributed by atoms with Gasteiger partial charge in [0.05, 0.1) is 12.7 Å². The lowest BCUT2D eigenvalue weighted by molar-refractivity contribution is 0.0600. The SMILES string of the molecule is COC(=O)c1ccc(OCc2nc(-c3ccccc3C)no2)cc1. The molecular formula is C18H16N2O4. The molecule has 0 amide bonds. The Hall–Kier alpha value is -3.15. The van der Waals surface area contributed by atoms with Crippen LogP contribution in [0.5, 0.6) is 5.75 Å². The van der Waals surface area contributed by atoms with Crippen molar-refractivity contribution < 1.29 is 18.8 Å². The molecule has 0 aliphatic carbocycles. The van der Waals surface area contributed by atoms with E-state index in [1.54, 1.807) is 24.3 Å². The molecule has 0 bridgehead atoms. The molecule has 24 heavy (non-hydrogen) atoms. The van der Waals surface area contributed by atoms with Gasteiger partial charge in [0.2, 0.25) is 5.82 Å². The van der Waals surface area contributed by atoms with E-state index in [0.29, 0.717) is 23.0 Å². The fourth-order valence-electron chi connectivity index (χ4n) is 2.20. The Balaban J connectivity index is 1.65. The molecule has 0 radical (unpaired) electrons. The molecule has 0 fully saturated rings. The molecule has 0 unspecified atom stereocenters. The van der Waals surface area contributed by atoms with Gasteiger partial charge in [-0.1, -0.05) is 29.4 Å². The molecule has 0 aliphatic rings. The van der Waals surface area contributed by atoms with Gasteiger partial charge in [-0.2, -0.15) is 4.98 Å². The van der Waals surface area contributed by atoms with Gasteiger partial charge in [-0.15, -0.1) is 0 Å². The average molecular weight is 324 g/mol. The maximum atomic E-state index is 11.4. The normalized spacial score (nSPS) is 10.4. The molecule has 6 nitrogen and oxygen atoms in total. The molecule has 0 saturated carbocycles. The molecule has 0 saturated heterocycles. The molecular weight excluding hydrogens is 308 g/mol. The monoisotopic (exact) mass is 324 g/mol. The second-order valence-corrected chi connectivity index (χ2v) is 5.13. The lowest BCUT2D eigenvalue weighted by atomic mass is 10.1. The molecule has 6 heteroatoms. The van der Waals surface area contributed by atoms with Crippen LogP contribution in [0, 0.1) is 6.92 Å². The highest BCUT2D eigenvalue weighted by Crippen LogP contribution is 2.20. The third-order valence-electron chi connectivity index (χ3n) is 3.49. The van der Waals surface area contributed by atoms with Gasteiger partial charge in [-0.25, -0.2) is 4.79 Å². The first-order chi connectivity index (χ1) is 11.7. The van der Waals surface area contributed by atoms with Crippen molar-refractivity contribution in [1.82, 2.24) is 10.1 Å². The lowest BCUT2D eigenvalue weighted by Gasteiger charge is -2.04. The van der Waals surface area contributed by atoms with Gasteiger partial charge in [0.1, 0.15) is 5.75 Å². The zero-order valence-electron chi connectivity index (χ0n) is 13.4. The van der Waals surface area contributed by atoms with E-state index < -0.39 is 0 Å². The quantitative estimate of drug-likeness (QED) is 0.670. The predicted octanol–water partition coefficient (Wildman–Crippen LogP) is 3.41. The van der Waals surface area contributed by atoms with Crippen molar-refractivity contribution in [3.8, 4) is 17.1 Å². The summed E-state index contributed by atoms with van der Waals surface area (Å²) < 4.78 is 15.5. The number of hydrogen-bond donors (Lipinski definition) is 0. The smallest absolute Gasteiger partial charge is 0.337 e. The molecule has 2 aromatic carbocycles. The van der Waals surface area contributed by atoms with Gasteiger partial charge in [-0.3, -0.25) is 0 Å². The molecule has 1 aromatic heterocycles. The van der Waals surface area contributed by atoms with Gasteiger partial charge < -0.3 is 14.0 Å². The van der Waals surface area contributed by atoms with Crippen molar-refractivity contribution in [2.75, 3.05) is 7.11 Å². The lowest BCUT2D eigenvalue weighted by Crippen LogP contribution is -2.01. The van der Waals surface area contributed by atoms with Crippen LogP contribution in [0.25, 0.3) is 11.4 Å². The molecule has 0 aliphatic heterocycles. The van der Waals surface area contributed by atoms with Crippen LogP contribution < -0.4 is 4.74 Å². The van der Waals surface area contributed by atoms with Crippen molar-refractivity contribution >= 4 is 5.97 Å². The summed E-state index contributed by atoms with van der Waals surface area (Å²) in [4.78, 5) is 15.7.